The van der Waals surface area contributed by atoms with Crippen molar-refractivity contribution < 1.29 is 19.4 Å². The maximum absolute atomic E-state index is 12.1. The maximum atomic E-state index is 12.1. The highest BCUT2D eigenvalue weighted by Gasteiger charge is 2.45. The second kappa shape index (κ2) is 5.55. The number of carbonyl (C=O) groups is 1. The van der Waals surface area contributed by atoms with Crippen molar-refractivity contribution in [2.45, 2.75) is 59.0 Å². The number of amides is 1. The van der Waals surface area contributed by atoms with Crippen LogP contribution < -0.4 is 5.32 Å². The third kappa shape index (κ3) is 4.23. The van der Waals surface area contributed by atoms with Crippen LogP contribution in [0.15, 0.2) is 0 Å². The molecular weight excluding hydrogens is 234 g/mol. The van der Waals surface area contributed by atoms with Crippen LogP contribution in [0, 0.1) is 5.41 Å². The van der Waals surface area contributed by atoms with Crippen molar-refractivity contribution in [3.63, 3.8) is 0 Å². The van der Waals surface area contributed by atoms with E-state index in [0.717, 1.165) is 0 Å². The number of rotatable bonds is 4. The SMILES string of the molecule is C[C@@H](O)CCNC(=O)[C@@H]1OC(C)(C)OCC1(C)C. The Kier molecular flexibility index (Phi) is 4.75. The second-order valence-corrected chi connectivity index (χ2v) is 6.10. The number of hydrogen-bond donors (Lipinski definition) is 2. The molecule has 0 saturated carbocycles. The monoisotopic (exact) mass is 259 g/mol. The Labute approximate surface area is 109 Å². The first-order valence-electron chi connectivity index (χ1n) is 6.42. The fourth-order valence-electron chi connectivity index (χ4n) is 1.82. The summed E-state index contributed by atoms with van der Waals surface area (Å²) >= 11 is 0. The molecule has 1 fully saturated rings. The van der Waals surface area contributed by atoms with Crippen molar-refractivity contribution in [1.82, 2.24) is 5.32 Å². The quantitative estimate of drug-likeness (QED) is 0.792. The molecule has 5 heteroatoms. The van der Waals surface area contributed by atoms with Crippen molar-refractivity contribution in [3.8, 4) is 0 Å². The zero-order valence-corrected chi connectivity index (χ0v) is 11.9. The van der Waals surface area contributed by atoms with Gasteiger partial charge in [0.05, 0.1) is 12.7 Å². The lowest BCUT2D eigenvalue weighted by Gasteiger charge is -2.44. The summed E-state index contributed by atoms with van der Waals surface area (Å²) in [7, 11) is 0. The van der Waals surface area contributed by atoms with Crippen molar-refractivity contribution in [2.24, 2.45) is 5.41 Å². The van der Waals surface area contributed by atoms with Gasteiger partial charge >= 0.3 is 0 Å². The lowest BCUT2D eigenvalue weighted by Crippen LogP contribution is -2.56. The minimum atomic E-state index is -0.734. The topological polar surface area (TPSA) is 67.8 Å². The molecule has 0 aromatic carbocycles. The smallest absolute Gasteiger partial charge is 0.249 e. The van der Waals surface area contributed by atoms with Gasteiger partial charge in [-0.15, -0.1) is 0 Å². The van der Waals surface area contributed by atoms with E-state index in [2.05, 4.69) is 5.32 Å². The fraction of sp³-hybridized carbons (Fsp3) is 0.923. The van der Waals surface area contributed by atoms with Gasteiger partial charge in [-0.05, 0) is 27.2 Å². The number of nitrogens with one attached hydrogen (secondary N) is 1. The number of hydrogen-bond acceptors (Lipinski definition) is 4. The standard InChI is InChI=1S/C13H25NO4/c1-9(15)6-7-14-11(16)10-12(2,3)8-17-13(4,5)18-10/h9-10,15H,6-8H2,1-5H3,(H,14,16)/t9-,10+/m1/s1. The van der Waals surface area contributed by atoms with Gasteiger partial charge in [0.1, 0.15) is 6.10 Å². The Balaban J connectivity index is 2.58. The molecule has 106 valence electrons. The van der Waals surface area contributed by atoms with Crippen molar-refractivity contribution in [3.05, 3.63) is 0 Å². The largest absolute Gasteiger partial charge is 0.393 e. The van der Waals surface area contributed by atoms with E-state index in [-0.39, 0.29) is 11.3 Å². The number of carbonyl (C=O) groups excluding carboxylic acids is 1. The Morgan fingerprint density at radius 3 is 2.61 bits per heavy atom. The first kappa shape index (κ1) is 15.4. The van der Waals surface area contributed by atoms with E-state index >= 15 is 0 Å². The summed E-state index contributed by atoms with van der Waals surface area (Å²) in [6, 6.07) is 0. The summed E-state index contributed by atoms with van der Waals surface area (Å²) in [6.07, 6.45) is -0.403. The summed E-state index contributed by atoms with van der Waals surface area (Å²) in [5, 5.41) is 12.0. The molecule has 1 aliphatic rings. The molecule has 0 aromatic heterocycles. The van der Waals surface area contributed by atoms with E-state index in [9.17, 15) is 4.79 Å². The molecule has 0 spiro atoms. The van der Waals surface area contributed by atoms with Gasteiger partial charge in [-0.25, -0.2) is 0 Å². The summed E-state index contributed by atoms with van der Waals surface area (Å²) in [5.41, 5.74) is -0.357. The summed E-state index contributed by atoms with van der Waals surface area (Å²) in [4.78, 5) is 12.1. The van der Waals surface area contributed by atoms with Crippen LogP contribution in [0.3, 0.4) is 0 Å². The van der Waals surface area contributed by atoms with Crippen molar-refractivity contribution in [2.75, 3.05) is 13.2 Å². The normalized spacial score (nSPS) is 27.6. The lowest BCUT2D eigenvalue weighted by atomic mass is 9.85. The van der Waals surface area contributed by atoms with E-state index in [1.807, 2.05) is 13.8 Å². The number of aliphatic hydroxyl groups excluding tert-OH is 1. The summed E-state index contributed by atoms with van der Waals surface area (Å²) in [5.74, 6) is -0.876. The first-order chi connectivity index (χ1) is 8.14. The van der Waals surface area contributed by atoms with Gasteiger partial charge < -0.3 is 19.9 Å². The Hall–Kier alpha value is -0.650. The van der Waals surface area contributed by atoms with Gasteiger partial charge in [0, 0.05) is 12.0 Å². The zero-order chi connectivity index (χ0) is 14.0. The van der Waals surface area contributed by atoms with Crippen LogP contribution in [0.2, 0.25) is 0 Å². The molecule has 0 radical (unpaired) electrons. The second-order valence-electron chi connectivity index (χ2n) is 6.10. The van der Waals surface area contributed by atoms with E-state index in [1.54, 1.807) is 20.8 Å². The Morgan fingerprint density at radius 1 is 1.44 bits per heavy atom. The molecule has 1 amide bonds. The number of aliphatic hydroxyl groups is 1. The van der Waals surface area contributed by atoms with E-state index < -0.39 is 18.0 Å². The molecule has 0 aliphatic carbocycles. The molecule has 2 atom stereocenters. The Bertz CT molecular complexity index is 299. The third-order valence-electron chi connectivity index (χ3n) is 3.00. The summed E-state index contributed by atoms with van der Waals surface area (Å²) < 4.78 is 11.3. The molecule has 0 unspecified atom stereocenters. The van der Waals surface area contributed by atoms with Crippen molar-refractivity contribution in [1.29, 1.82) is 0 Å². The zero-order valence-electron chi connectivity index (χ0n) is 11.9. The molecule has 18 heavy (non-hydrogen) atoms. The highest BCUT2D eigenvalue weighted by Crippen LogP contribution is 2.34. The van der Waals surface area contributed by atoms with E-state index in [0.29, 0.717) is 19.6 Å². The molecule has 1 saturated heterocycles. The summed E-state index contributed by atoms with van der Waals surface area (Å²) in [6.45, 7) is 10.1. The lowest BCUT2D eigenvalue weighted by molar-refractivity contribution is -0.304. The van der Waals surface area contributed by atoms with Gasteiger partial charge in [-0.1, -0.05) is 13.8 Å². The number of ether oxygens (including phenoxy) is 2. The molecule has 1 heterocycles. The minimum Gasteiger partial charge on any atom is -0.393 e. The van der Waals surface area contributed by atoms with Crippen molar-refractivity contribution >= 4 is 5.91 Å². The fourth-order valence-corrected chi connectivity index (χ4v) is 1.82. The highest BCUT2D eigenvalue weighted by molar-refractivity contribution is 5.81. The van der Waals surface area contributed by atoms with Gasteiger partial charge in [0.15, 0.2) is 5.79 Å². The van der Waals surface area contributed by atoms with Crippen LogP contribution in [0.5, 0.6) is 0 Å². The molecule has 0 aromatic rings. The van der Waals surface area contributed by atoms with Crippen LogP contribution >= 0.6 is 0 Å². The van der Waals surface area contributed by atoms with Crippen LogP contribution in [-0.2, 0) is 14.3 Å². The van der Waals surface area contributed by atoms with Gasteiger partial charge in [0.25, 0.3) is 0 Å². The molecule has 1 aliphatic heterocycles. The maximum Gasteiger partial charge on any atom is 0.249 e. The molecular formula is C13H25NO4. The van der Waals surface area contributed by atoms with Crippen LogP contribution in [0.25, 0.3) is 0 Å². The Morgan fingerprint density at radius 2 is 2.06 bits per heavy atom. The minimum absolute atomic E-state index is 0.142. The van der Waals surface area contributed by atoms with Crippen LogP contribution in [0.4, 0.5) is 0 Å². The molecule has 0 bridgehead atoms. The van der Waals surface area contributed by atoms with Crippen LogP contribution in [-0.4, -0.2) is 42.2 Å². The first-order valence-corrected chi connectivity index (χ1v) is 6.42. The third-order valence-corrected chi connectivity index (χ3v) is 3.00. The van der Waals surface area contributed by atoms with E-state index in [4.69, 9.17) is 14.6 Å². The molecule has 5 nitrogen and oxygen atoms in total. The molecule has 1 rings (SSSR count). The van der Waals surface area contributed by atoms with Gasteiger partial charge in [-0.3, -0.25) is 4.79 Å². The van der Waals surface area contributed by atoms with Crippen LogP contribution in [0.1, 0.15) is 41.0 Å². The van der Waals surface area contributed by atoms with Gasteiger partial charge in [0.2, 0.25) is 5.91 Å². The average Bonchev–Trinajstić information content (AvgIpc) is 2.21. The van der Waals surface area contributed by atoms with Gasteiger partial charge in [-0.2, -0.15) is 0 Å². The average molecular weight is 259 g/mol. The van der Waals surface area contributed by atoms with E-state index in [1.165, 1.54) is 0 Å². The highest BCUT2D eigenvalue weighted by atomic mass is 16.7. The predicted molar refractivity (Wildman–Crippen MR) is 68.0 cm³/mol. The molecule has 2 N–H and O–H groups in total. The predicted octanol–water partition coefficient (Wildman–Crippen LogP) is 1.05.